The molecule has 2 aromatic rings. The maximum Gasteiger partial charge on any atom is 0.340 e. The van der Waals surface area contributed by atoms with Crippen molar-refractivity contribution in [2.45, 2.75) is 33.8 Å². The molecule has 0 aliphatic carbocycles. The van der Waals surface area contributed by atoms with E-state index in [9.17, 15) is 9.59 Å². The Labute approximate surface area is 146 Å². The number of esters is 1. The second kappa shape index (κ2) is 7.62. The Hall–Kier alpha value is -2.14. The summed E-state index contributed by atoms with van der Waals surface area (Å²) in [5.74, 6) is -0.561. The van der Waals surface area contributed by atoms with Gasteiger partial charge in [0.25, 0.3) is 5.91 Å². The molecular formula is C18H21ClN2O3. The quantitative estimate of drug-likeness (QED) is 0.839. The van der Waals surface area contributed by atoms with Crippen LogP contribution in [0.15, 0.2) is 24.3 Å². The van der Waals surface area contributed by atoms with Gasteiger partial charge in [-0.15, -0.1) is 0 Å². The zero-order valence-corrected chi connectivity index (χ0v) is 15.0. The van der Waals surface area contributed by atoms with Gasteiger partial charge < -0.3 is 10.1 Å². The molecule has 1 N–H and O–H groups in total. The predicted molar refractivity (Wildman–Crippen MR) is 94.2 cm³/mol. The second-order valence-corrected chi connectivity index (χ2v) is 6.58. The molecule has 1 aromatic carbocycles. The van der Waals surface area contributed by atoms with Crippen LogP contribution < -0.4 is 5.32 Å². The Balaban J connectivity index is 2.15. The lowest BCUT2D eigenvalue weighted by atomic mass is 10.1. The van der Waals surface area contributed by atoms with Gasteiger partial charge in [-0.05, 0) is 44.0 Å². The molecule has 0 aliphatic heterocycles. The van der Waals surface area contributed by atoms with E-state index in [1.54, 1.807) is 38.1 Å². The Morgan fingerprint density at radius 2 is 1.96 bits per heavy atom. The normalized spacial score (nSPS) is 12.2. The lowest BCUT2D eigenvalue weighted by Gasteiger charge is -2.15. The number of halogens is 1. The molecule has 1 aromatic heterocycles. The number of nitrogens with one attached hydrogen (secondary N) is 1. The van der Waals surface area contributed by atoms with Crippen molar-refractivity contribution in [1.82, 2.24) is 10.3 Å². The Kier molecular flexibility index (Phi) is 5.78. The molecule has 1 amide bonds. The number of ether oxygens (including phenoxy) is 1. The molecule has 0 aliphatic rings. The summed E-state index contributed by atoms with van der Waals surface area (Å²) in [5.41, 5.74) is 1.62. The lowest BCUT2D eigenvalue weighted by Crippen LogP contribution is -2.37. The van der Waals surface area contributed by atoms with Gasteiger partial charge in [-0.1, -0.05) is 25.4 Å². The van der Waals surface area contributed by atoms with Crippen LogP contribution in [0.5, 0.6) is 0 Å². The molecule has 0 bridgehead atoms. The first kappa shape index (κ1) is 18.2. The standard InChI is InChI=1S/C18H21ClN2O3/c1-10(2)9-20-17(22)12(4)24-18(23)15-8-13-7-14(19)5-6-16(13)21-11(15)3/h5-8,10,12H,9H2,1-4H3,(H,20,22). The fraction of sp³-hybridized carbons (Fsp3) is 0.389. The lowest BCUT2D eigenvalue weighted by molar-refractivity contribution is -0.129. The summed E-state index contributed by atoms with van der Waals surface area (Å²) in [6, 6.07) is 6.96. The van der Waals surface area contributed by atoms with E-state index in [1.165, 1.54) is 0 Å². The van der Waals surface area contributed by atoms with Crippen molar-refractivity contribution >= 4 is 34.4 Å². The molecule has 6 heteroatoms. The van der Waals surface area contributed by atoms with Crippen LogP contribution in [0.1, 0.15) is 36.8 Å². The van der Waals surface area contributed by atoms with Crippen LogP contribution >= 0.6 is 11.6 Å². The van der Waals surface area contributed by atoms with Gasteiger partial charge in [0, 0.05) is 17.0 Å². The average Bonchev–Trinajstić information content (AvgIpc) is 2.51. The Morgan fingerprint density at radius 3 is 2.62 bits per heavy atom. The largest absolute Gasteiger partial charge is 0.449 e. The van der Waals surface area contributed by atoms with Crippen LogP contribution in [0.25, 0.3) is 10.9 Å². The van der Waals surface area contributed by atoms with Crippen LogP contribution in [-0.2, 0) is 9.53 Å². The Morgan fingerprint density at radius 1 is 1.25 bits per heavy atom. The minimum absolute atomic E-state index is 0.313. The van der Waals surface area contributed by atoms with Crippen LogP contribution in [0, 0.1) is 12.8 Å². The van der Waals surface area contributed by atoms with Gasteiger partial charge in [-0.2, -0.15) is 0 Å². The number of hydrogen-bond donors (Lipinski definition) is 1. The molecule has 128 valence electrons. The van der Waals surface area contributed by atoms with Gasteiger partial charge in [0.05, 0.1) is 16.8 Å². The monoisotopic (exact) mass is 348 g/mol. The van der Waals surface area contributed by atoms with Crippen LogP contribution in [0.4, 0.5) is 0 Å². The highest BCUT2D eigenvalue weighted by Gasteiger charge is 2.21. The van der Waals surface area contributed by atoms with Gasteiger partial charge in [0.2, 0.25) is 0 Å². The van der Waals surface area contributed by atoms with Gasteiger partial charge in [0.1, 0.15) is 0 Å². The highest BCUT2D eigenvalue weighted by atomic mass is 35.5. The number of amides is 1. The summed E-state index contributed by atoms with van der Waals surface area (Å²) in [6.07, 6.45) is -0.870. The molecule has 0 saturated carbocycles. The third kappa shape index (κ3) is 4.45. The Bertz CT molecular complexity index is 774. The molecule has 0 spiro atoms. The molecule has 24 heavy (non-hydrogen) atoms. The van der Waals surface area contributed by atoms with Crippen LogP contribution in [-0.4, -0.2) is 29.5 Å². The van der Waals surface area contributed by atoms with Gasteiger partial charge in [-0.3, -0.25) is 9.78 Å². The molecule has 2 rings (SSSR count). The second-order valence-electron chi connectivity index (χ2n) is 6.14. The molecule has 0 fully saturated rings. The molecule has 0 radical (unpaired) electrons. The van der Waals surface area contributed by atoms with E-state index in [1.807, 2.05) is 13.8 Å². The average molecular weight is 349 g/mol. The molecule has 0 saturated heterocycles. The molecular weight excluding hydrogens is 328 g/mol. The van der Waals surface area contributed by atoms with Crippen molar-refractivity contribution in [1.29, 1.82) is 0 Å². The van der Waals surface area contributed by atoms with Crippen molar-refractivity contribution in [3.05, 3.63) is 40.5 Å². The molecule has 1 atom stereocenters. The summed E-state index contributed by atoms with van der Waals surface area (Å²) < 4.78 is 5.27. The molecule has 5 nitrogen and oxygen atoms in total. The molecule has 1 unspecified atom stereocenters. The van der Waals surface area contributed by atoms with Crippen molar-refractivity contribution < 1.29 is 14.3 Å². The van der Waals surface area contributed by atoms with Gasteiger partial charge >= 0.3 is 5.97 Å². The van der Waals surface area contributed by atoms with E-state index in [4.69, 9.17) is 16.3 Å². The number of carbonyl (C=O) groups is 2. The number of rotatable bonds is 5. The zero-order valence-electron chi connectivity index (χ0n) is 14.2. The highest BCUT2D eigenvalue weighted by Crippen LogP contribution is 2.21. The number of nitrogens with zero attached hydrogens (tertiary/aromatic N) is 1. The number of pyridine rings is 1. The maximum atomic E-state index is 12.4. The molecule has 1 heterocycles. The summed E-state index contributed by atoms with van der Waals surface area (Å²) in [7, 11) is 0. The van der Waals surface area contributed by atoms with E-state index < -0.39 is 12.1 Å². The number of carbonyl (C=O) groups excluding carboxylic acids is 2. The number of aromatic nitrogens is 1. The van der Waals surface area contributed by atoms with Crippen molar-refractivity contribution in [3.63, 3.8) is 0 Å². The minimum atomic E-state index is -0.870. The van der Waals surface area contributed by atoms with Crippen molar-refractivity contribution in [2.24, 2.45) is 5.92 Å². The smallest absolute Gasteiger partial charge is 0.340 e. The van der Waals surface area contributed by atoms with Crippen LogP contribution in [0.2, 0.25) is 5.02 Å². The van der Waals surface area contributed by atoms with Crippen LogP contribution in [0.3, 0.4) is 0 Å². The van der Waals surface area contributed by atoms with Crippen molar-refractivity contribution in [3.8, 4) is 0 Å². The number of fused-ring (bicyclic) bond motifs is 1. The maximum absolute atomic E-state index is 12.4. The minimum Gasteiger partial charge on any atom is -0.449 e. The first-order valence-electron chi connectivity index (χ1n) is 7.83. The van der Waals surface area contributed by atoms with E-state index in [2.05, 4.69) is 10.3 Å². The van der Waals surface area contributed by atoms with Gasteiger partial charge in [-0.25, -0.2) is 4.79 Å². The third-order valence-electron chi connectivity index (χ3n) is 3.52. The first-order valence-corrected chi connectivity index (χ1v) is 8.21. The number of aryl methyl sites for hydroxylation is 1. The summed E-state index contributed by atoms with van der Waals surface area (Å²) >= 11 is 5.98. The van der Waals surface area contributed by atoms with Gasteiger partial charge in [0.15, 0.2) is 6.10 Å². The fourth-order valence-corrected chi connectivity index (χ4v) is 2.36. The number of hydrogen-bond acceptors (Lipinski definition) is 4. The zero-order chi connectivity index (χ0) is 17.9. The SMILES string of the molecule is Cc1nc2ccc(Cl)cc2cc1C(=O)OC(C)C(=O)NCC(C)C. The van der Waals surface area contributed by atoms with E-state index in [-0.39, 0.29) is 5.91 Å². The predicted octanol–water partition coefficient (Wildman–Crippen LogP) is 3.51. The topological polar surface area (TPSA) is 68.3 Å². The third-order valence-corrected chi connectivity index (χ3v) is 3.76. The van der Waals surface area contributed by atoms with E-state index >= 15 is 0 Å². The summed E-state index contributed by atoms with van der Waals surface area (Å²) in [6.45, 7) is 7.80. The number of benzene rings is 1. The first-order chi connectivity index (χ1) is 11.3. The van der Waals surface area contributed by atoms with E-state index in [0.29, 0.717) is 28.7 Å². The summed E-state index contributed by atoms with van der Waals surface area (Å²) in [4.78, 5) is 28.7. The highest BCUT2D eigenvalue weighted by molar-refractivity contribution is 6.31. The van der Waals surface area contributed by atoms with Crippen molar-refractivity contribution in [2.75, 3.05) is 6.54 Å². The summed E-state index contributed by atoms with van der Waals surface area (Å²) in [5, 5.41) is 4.05. The fourth-order valence-electron chi connectivity index (χ4n) is 2.18. The van der Waals surface area contributed by atoms with E-state index in [0.717, 1.165) is 10.9 Å².